The summed E-state index contributed by atoms with van der Waals surface area (Å²) < 4.78 is 5.47. The average molecular weight is 450 g/mol. The second kappa shape index (κ2) is 9.77. The molecule has 0 saturated carbocycles. The minimum atomic E-state index is 0.00870. The molecular formula is C26H35N5O2. The number of hydrogen-bond acceptors (Lipinski definition) is 6. The highest BCUT2D eigenvalue weighted by atomic mass is 16.5. The van der Waals surface area contributed by atoms with E-state index in [1.165, 1.54) is 5.56 Å². The van der Waals surface area contributed by atoms with Gasteiger partial charge in [-0.15, -0.1) is 0 Å². The van der Waals surface area contributed by atoms with E-state index in [2.05, 4.69) is 58.3 Å². The van der Waals surface area contributed by atoms with Crippen LogP contribution < -0.4 is 5.32 Å². The highest BCUT2D eigenvalue weighted by Gasteiger charge is 2.39. The first kappa shape index (κ1) is 22.3. The predicted molar refractivity (Wildman–Crippen MR) is 128 cm³/mol. The standard InChI is InChI=1S/C26H35N5O2/c1-18-12-21-14-28-26(27-13-19-9-11-33-17-19)29-24(21)16-31(18)25(32)22-8-10-30(2)15-23(22)20-6-4-3-5-7-20/h3-7,14,18-19,22-23H,8-13,15-17H2,1-2H3,(H,27,28,29)/t18-,19+,22+,23-/m1/s1. The lowest BCUT2D eigenvalue weighted by Gasteiger charge is -2.42. The van der Waals surface area contributed by atoms with Gasteiger partial charge in [0.1, 0.15) is 0 Å². The van der Waals surface area contributed by atoms with Gasteiger partial charge in [0.15, 0.2) is 0 Å². The van der Waals surface area contributed by atoms with E-state index in [0.717, 1.165) is 63.4 Å². The van der Waals surface area contributed by atoms with E-state index < -0.39 is 0 Å². The van der Waals surface area contributed by atoms with Gasteiger partial charge in [-0.1, -0.05) is 30.3 Å². The van der Waals surface area contributed by atoms with Crippen molar-refractivity contribution in [1.29, 1.82) is 0 Å². The van der Waals surface area contributed by atoms with Gasteiger partial charge in [-0.2, -0.15) is 0 Å². The van der Waals surface area contributed by atoms with Crippen LogP contribution in [0.4, 0.5) is 5.95 Å². The van der Waals surface area contributed by atoms with Crippen molar-refractivity contribution >= 4 is 11.9 Å². The Hall–Kier alpha value is -2.51. The number of fused-ring (bicyclic) bond motifs is 1. The Morgan fingerprint density at radius 2 is 2.09 bits per heavy atom. The van der Waals surface area contributed by atoms with Crippen LogP contribution in [-0.4, -0.2) is 71.6 Å². The molecular weight excluding hydrogens is 414 g/mol. The Morgan fingerprint density at radius 3 is 2.88 bits per heavy atom. The zero-order valence-electron chi connectivity index (χ0n) is 19.7. The van der Waals surface area contributed by atoms with Gasteiger partial charge in [0.05, 0.1) is 18.8 Å². The molecule has 33 heavy (non-hydrogen) atoms. The molecule has 176 valence electrons. The number of amides is 1. The molecule has 1 N–H and O–H groups in total. The third-order valence-corrected chi connectivity index (χ3v) is 7.54. The molecule has 0 unspecified atom stereocenters. The molecule has 0 aliphatic carbocycles. The first-order valence-electron chi connectivity index (χ1n) is 12.3. The van der Waals surface area contributed by atoms with Crippen molar-refractivity contribution in [2.75, 3.05) is 45.2 Å². The van der Waals surface area contributed by atoms with Crippen LogP contribution in [0.2, 0.25) is 0 Å². The predicted octanol–water partition coefficient (Wildman–Crippen LogP) is 2.93. The Bertz CT molecular complexity index is 962. The summed E-state index contributed by atoms with van der Waals surface area (Å²) in [5, 5.41) is 3.38. The van der Waals surface area contributed by atoms with Crippen LogP contribution in [0.25, 0.3) is 0 Å². The molecule has 1 aromatic heterocycles. The summed E-state index contributed by atoms with van der Waals surface area (Å²) in [6, 6.07) is 10.7. The van der Waals surface area contributed by atoms with Crippen molar-refractivity contribution in [2.45, 2.75) is 44.7 Å². The van der Waals surface area contributed by atoms with Crippen LogP contribution >= 0.6 is 0 Å². The monoisotopic (exact) mass is 449 g/mol. The number of aromatic nitrogens is 2. The summed E-state index contributed by atoms with van der Waals surface area (Å²) in [5.41, 5.74) is 3.40. The molecule has 0 bridgehead atoms. The van der Waals surface area contributed by atoms with Crippen molar-refractivity contribution in [2.24, 2.45) is 11.8 Å². The number of anilines is 1. The Kier molecular flexibility index (Phi) is 6.60. The number of nitrogens with zero attached hydrogens (tertiary/aromatic N) is 4. The zero-order valence-corrected chi connectivity index (χ0v) is 19.7. The molecule has 1 aromatic carbocycles. The summed E-state index contributed by atoms with van der Waals surface area (Å²) in [6.07, 6.45) is 4.72. The molecule has 4 heterocycles. The number of rotatable bonds is 5. The molecule has 4 atom stereocenters. The maximum absolute atomic E-state index is 13.9. The van der Waals surface area contributed by atoms with Crippen molar-refractivity contribution in [1.82, 2.24) is 19.8 Å². The molecule has 3 aliphatic rings. The van der Waals surface area contributed by atoms with E-state index >= 15 is 0 Å². The van der Waals surface area contributed by atoms with Crippen LogP contribution in [0, 0.1) is 11.8 Å². The van der Waals surface area contributed by atoms with Crippen molar-refractivity contribution in [3.05, 3.63) is 53.3 Å². The molecule has 2 saturated heterocycles. The largest absolute Gasteiger partial charge is 0.381 e. The van der Waals surface area contributed by atoms with Crippen LogP contribution in [0.3, 0.4) is 0 Å². The number of benzene rings is 1. The van der Waals surface area contributed by atoms with E-state index in [-0.39, 0.29) is 23.8 Å². The number of hydrogen-bond donors (Lipinski definition) is 1. The lowest BCUT2D eigenvalue weighted by atomic mass is 9.79. The highest BCUT2D eigenvalue weighted by molar-refractivity contribution is 5.80. The SMILES string of the molecule is C[C@@H]1Cc2cnc(NC[C@@H]3CCOC3)nc2CN1C(=O)[C@H]1CCN(C)C[C@@H]1c1ccccc1. The first-order valence-corrected chi connectivity index (χ1v) is 12.3. The molecule has 0 radical (unpaired) electrons. The summed E-state index contributed by atoms with van der Waals surface area (Å²) >= 11 is 0. The number of likely N-dealkylation sites (tertiary alicyclic amines) is 1. The fraction of sp³-hybridized carbons (Fsp3) is 0.577. The van der Waals surface area contributed by atoms with E-state index in [1.807, 2.05) is 12.3 Å². The number of ether oxygens (including phenoxy) is 1. The van der Waals surface area contributed by atoms with Crippen molar-refractivity contribution in [3.8, 4) is 0 Å². The lowest BCUT2D eigenvalue weighted by molar-refractivity contribution is -0.141. The molecule has 7 nitrogen and oxygen atoms in total. The van der Waals surface area contributed by atoms with E-state index in [1.54, 1.807) is 0 Å². The van der Waals surface area contributed by atoms with Gasteiger partial charge in [0.25, 0.3) is 0 Å². The van der Waals surface area contributed by atoms with Crippen molar-refractivity contribution in [3.63, 3.8) is 0 Å². The number of likely N-dealkylation sites (N-methyl/N-ethyl adjacent to an activating group) is 1. The van der Waals surface area contributed by atoms with Gasteiger partial charge >= 0.3 is 0 Å². The Balaban J connectivity index is 1.32. The maximum atomic E-state index is 13.9. The molecule has 7 heteroatoms. The van der Waals surface area contributed by atoms with Crippen LogP contribution in [0.1, 0.15) is 42.5 Å². The normalized spacial score (nSPS) is 27.9. The summed E-state index contributed by atoms with van der Waals surface area (Å²) in [6.45, 7) is 7.06. The fourth-order valence-corrected chi connectivity index (χ4v) is 5.52. The van der Waals surface area contributed by atoms with Crippen molar-refractivity contribution < 1.29 is 9.53 Å². The minimum Gasteiger partial charge on any atom is -0.381 e. The maximum Gasteiger partial charge on any atom is 0.227 e. The van der Waals surface area contributed by atoms with Crippen LogP contribution in [0.5, 0.6) is 0 Å². The molecule has 2 aromatic rings. The Morgan fingerprint density at radius 1 is 1.24 bits per heavy atom. The molecule has 5 rings (SSSR count). The third-order valence-electron chi connectivity index (χ3n) is 7.54. The molecule has 3 aliphatic heterocycles. The summed E-state index contributed by atoms with van der Waals surface area (Å²) in [4.78, 5) is 27.6. The molecule has 0 spiro atoms. The van der Waals surface area contributed by atoms with Crippen LogP contribution in [0.15, 0.2) is 36.5 Å². The fourth-order valence-electron chi connectivity index (χ4n) is 5.52. The van der Waals surface area contributed by atoms with Gasteiger partial charge in [-0.25, -0.2) is 9.97 Å². The van der Waals surface area contributed by atoms with Crippen LogP contribution in [-0.2, 0) is 22.5 Å². The molecule has 2 fully saturated rings. The second-order valence-electron chi connectivity index (χ2n) is 9.97. The van der Waals surface area contributed by atoms with Gasteiger partial charge < -0.3 is 19.9 Å². The van der Waals surface area contributed by atoms with Gasteiger partial charge in [-0.05, 0) is 50.9 Å². The lowest BCUT2D eigenvalue weighted by Crippen LogP contribution is -2.50. The van der Waals surface area contributed by atoms with E-state index in [4.69, 9.17) is 9.72 Å². The van der Waals surface area contributed by atoms with E-state index in [9.17, 15) is 4.79 Å². The third kappa shape index (κ3) is 4.89. The molecule has 1 amide bonds. The Labute approximate surface area is 196 Å². The first-order chi connectivity index (χ1) is 16.1. The zero-order chi connectivity index (χ0) is 22.8. The number of piperidine rings is 1. The average Bonchev–Trinajstić information content (AvgIpc) is 3.36. The number of carbonyl (C=O) groups is 1. The van der Waals surface area contributed by atoms with Gasteiger partial charge in [0.2, 0.25) is 11.9 Å². The minimum absolute atomic E-state index is 0.00870. The summed E-state index contributed by atoms with van der Waals surface area (Å²) in [7, 11) is 2.15. The topological polar surface area (TPSA) is 70.6 Å². The highest BCUT2D eigenvalue weighted by Crippen LogP contribution is 2.35. The van der Waals surface area contributed by atoms with Gasteiger partial charge in [0, 0.05) is 49.7 Å². The number of nitrogens with one attached hydrogen (secondary N) is 1. The van der Waals surface area contributed by atoms with E-state index in [0.29, 0.717) is 18.4 Å². The second-order valence-corrected chi connectivity index (χ2v) is 9.97. The van der Waals surface area contributed by atoms with Gasteiger partial charge in [-0.3, -0.25) is 4.79 Å². The quantitative estimate of drug-likeness (QED) is 0.757. The smallest absolute Gasteiger partial charge is 0.227 e. The number of carbonyl (C=O) groups excluding carboxylic acids is 1. The summed E-state index contributed by atoms with van der Waals surface area (Å²) in [5.74, 6) is 1.68.